The molecule has 160 valence electrons. The molecule has 1 amide bonds. The van der Waals surface area contributed by atoms with Crippen LogP contribution < -0.4 is 10.1 Å². The van der Waals surface area contributed by atoms with E-state index in [0.717, 1.165) is 11.1 Å². The first-order valence-corrected chi connectivity index (χ1v) is 10.3. The molecule has 0 saturated carbocycles. The summed E-state index contributed by atoms with van der Waals surface area (Å²) in [5.41, 5.74) is 3.23. The monoisotopic (exact) mass is 417 g/mol. The smallest absolute Gasteiger partial charge is 0.338 e. The number of benzene rings is 3. The topological polar surface area (TPSA) is 64.6 Å². The molecule has 1 atom stereocenters. The predicted octanol–water partition coefficient (Wildman–Crippen LogP) is 5.57. The maximum atomic E-state index is 12.4. The Morgan fingerprint density at radius 1 is 0.839 bits per heavy atom. The van der Waals surface area contributed by atoms with Gasteiger partial charge in [0.15, 0.2) is 6.10 Å². The van der Waals surface area contributed by atoms with E-state index in [0.29, 0.717) is 29.5 Å². The fraction of sp³-hybridized carbons (Fsp3) is 0.231. The van der Waals surface area contributed by atoms with E-state index in [2.05, 4.69) is 19.2 Å². The molecule has 0 bridgehead atoms. The fourth-order valence-electron chi connectivity index (χ4n) is 2.91. The van der Waals surface area contributed by atoms with Gasteiger partial charge in [-0.1, -0.05) is 56.3 Å². The van der Waals surface area contributed by atoms with Gasteiger partial charge in [-0.15, -0.1) is 0 Å². The van der Waals surface area contributed by atoms with Crippen LogP contribution in [-0.4, -0.2) is 18.0 Å². The summed E-state index contributed by atoms with van der Waals surface area (Å²) in [6, 6.07) is 24.2. The normalized spacial score (nSPS) is 11.6. The van der Waals surface area contributed by atoms with Crippen molar-refractivity contribution < 1.29 is 19.1 Å². The Hall–Kier alpha value is -3.60. The Balaban J connectivity index is 1.50. The van der Waals surface area contributed by atoms with E-state index in [1.54, 1.807) is 43.3 Å². The summed E-state index contributed by atoms with van der Waals surface area (Å²) >= 11 is 0. The van der Waals surface area contributed by atoms with Crippen molar-refractivity contribution in [2.75, 3.05) is 5.32 Å². The first-order valence-electron chi connectivity index (χ1n) is 10.3. The van der Waals surface area contributed by atoms with Crippen LogP contribution in [0.3, 0.4) is 0 Å². The third-order valence-electron chi connectivity index (χ3n) is 4.84. The van der Waals surface area contributed by atoms with Gasteiger partial charge in [0.05, 0.1) is 5.56 Å². The molecule has 0 saturated heterocycles. The quantitative estimate of drug-likeness (QED) is 0.487. The first kappa shape index (κ1) is 22.1. The van der Waals surface area contributed by atoms with Gasteiger partial charge in [-0.2, -0.15) is 0 Å². The van der Waals surface area contributed by atoms with E-state index in [1.807, 2.05) is 42.5 Å². The highest BCUT2D eigenvalue weighted by Gasteiger charge is 2.19. The van der Waals surface area contributed by atoms with Crippen LogP contribution in [0.15, 0.2) is 78.9 Å². The Kier molecular flexibility index (Phi) is 7.44. The molecule has 3 aromatic rings. The predicted molar refractivity (Wildman–Crippen MR) is 121 cm³/mol. The molecule has 0 unspecified atom stereocenters. The minimum atomic E-state index is -0.925. The SMILES string of the molecule is CC(C)c1ccc(C(=O)O[C@@H](C)C(=O)Nc2ccc(OCc3ccccc3)cc2)cc1. The molecule has 0 aliphatic rings. The van der Waals surface area contributed by atoms with E-state index < -0.39 is 18.0 Å². The summed E-state index contributed by atoms with van der Waals surface area (Å²) in [6.07, 6.45) is -0.925. The number of nitrogens with one attached hydrogen (secondary N) is 1. The molecule has 5 nitrogen and oxygen atoms in total. The maximum absolute atomic E-state index is 12.4. The van der Waals surface area contributed by atoms with Crippen LogP contribution in [-0.2, 0) is 16.1 Å². The molecule has 5 heteroatoms. The molecule has 1 N–H and O–H groups in total. The summed E-state index contributed by atoms with van der Waals surface area (Å²) in [5.74, 6) is 0.156. The fourth-order valence-corrected chi connectivity index (χ4v) is 2.91. The number of hydrogen-bond acceptors (Lipinski definition) is 4. The van der Waals surface area contributed by atoms with Gasteiger partial charge in [0.25, 0.3) is 5.91 Å². The average Bonchev–Trinajstić information content (AvgIpc) is 2.79. The third kappa shape index (κ3) is 6.44. The molecule has 0 heterocycles. The van der Waals surface area contributed by atoms with E-state index in [1.165, 1.54) is 0 Å². The van der Waals surface area contributed by atoms with Gasteiger partial charge in [-0.25, -0.2) is 4.79 Å². The van der Waals surface area contributed by atoms with Crippen molar-refractivity contribution in [2.24, 2.45) is 0 Å². The van der Waals surface area contributed by atoms with Gasteiger partial charge >= 0.3 is 5.97 Å². The van der Waals surface area contributed by atoms with Crippen molar-refractivity contribution in [3.05, 3.63) is 95.6 Å². The minimum Gasteiger partial charge on any atom is -0.489 e. The number of carbonyl (C=O) groups is 2. The summed E-state index contributed by atoms with van der Waals surface area (Å²) in [4.78, 5) is 24.7. The van der Waals surface area contributed by atoms with Gasteiger partial charge in [-0.05, 0) is 60.4 Å². The molecule has 0 aliphatic carbocycles. The lowest BCUT2D eigenvalue weighted by atomic mass is 10.0. The number of carbonyl (C=O) groups excluding carboxylic acids is 2. The van der Waals surface area contributed by atoms with Gasteiger partial charge in [0.1, 0.15) is 12.4 Å². The average molecular weight is 418 g/mol. The largest absolute Gasteiger partial charge is 0.489 e. The highest BCUT2D eigenvalue weighted by Crippen LogP contribution is 2.18. The number of rotatable bonds is 8. The third-order valence-corrected chi connectivity index (χ3v) is 4.84. The summed E-state index contributed by atoms with van der Waals surface area (Å²) in [7, 11) is 0. The highest BCUT2D eigenvalue weighted by atomic mass is 16.5. The number of anilines is 1. The molecule has 3 rings (SSSR count). The molecule has 3 aromatic carbocycles. The standard InChI is InChI=1S/C26H27NO4/c1-18(2)21-9-11-22(12-10-21)26(29)31-19(3)25(28)27-23-13-15-24(16-14-23)30-17-20-7-5-4-6-8-20/h4-16,18-19H,17H2,1-3H3,(H,27,28)/t19-/m0/s1. The van der Waals surface area contributed by atoms with Crippen molar-refractivity contribution >= 4 is 17.6 Å². The van der Waals surface area contributed by atoms with Crippen LogP contribution in [0.5, 0.6) is 5.75 Å². The molecule has 0 aromatic heterocycles. The number of hydrogen-bond donors (Lipinski definition) is 1. The van der Waals surface area contributed by atoms with E-state index in [4.69, 9.17) is 9.47 Å². The van der Waals surface area contributed by atoms with Crippen LogP contribution in [0.25, 0.3) is 0 Å². The van der Waals surface area contributed by atoms with Crippen molar-refractivity contribution in [2.45, 2.75) is 39.4 Å². The van der Waals surface area contributed by atoms with Crippen molar-refractivity contribution in [1.82, 2.24) is 0 Å². The lowest BCUT2D eigenvalue weighted by molar-refractivity contribution is -0.123. The van der Waals surface area contributed by atoms with Crippen LogP contribution in [0, 0.1) is 0 Å². The zero-order valence-electron chi connectivity index (χ0n) is 18.0. The van der Waals surface area contributed by atoms with E-state index >= 15 is 0 Å². The highest BCUT2D eigenvalue weighted by molar-refractivity contribution is 5.97. The zero-order valence-corrected chi connectivity index (χ0v) is 18.0. The maximum Gasteiger partial charge on any atom is 0.338 e. The van der Waals surface area contributed by atoms with Crippen LogP contribution in [0.2, 0.25) is 0 Å². The molecule has 0 spiro atoms. The van der Waals surface area contributed by atoms with Crippen LogP contribution in [0.1, 0.15) is 48.2 Å². The van der Waals surface area contributed by atoms with Crippen LogP contribution in [0.4, 0.5) is 5.69 Å². The molecular formula is C26H27NO4. The summed E-state index contributed by atoms with van der Waals surface area (Å²) in [6.45, 7) is 6.19. The molecular weight excluding hydrogens is 390 g/mol. The lowest BCUT2D eigenvalue weighted by Crippen LogP contribution is -2.30. The van der Waals surface area contributed by atoms with Gasteiger partial charge < -0.3 is 14.8 Å². The van der Waals surface area contributed by atoms with Crippen LogP contribution >= 0.6 is 0 Å². The van der Waals surface area contributed by atoms with Crippen molar-refractivity contribution in [3.63, 3.8) is 0 Å². The molecule has 0 aliphatic heterocycles. The van der Waals surface area contributed by atoms with Gasteiger partial charge in [0.2, 0.25) is 0 Å². The van der Waals surface area contributed by atoms with E-state index in [-0.39, 0.29) is 0 Å². The lowest BCUT2D eigenvalue weighted by Gasteiger charge is -2.14. The Morgan fingerprint density at radius 2 is 1.48 bits per heavy atom. The van der Waals surface area contributed by atoms with Gasteiger partial charge in [-0.3, -0.25) is 4.79 Å². The number of amides is 1. The minimum absolute atomic E-state index is 0.380. The number of esters is 1. The molecule has 0 fully saturated rings. The second kappa shape index (κ2) is 10.4. The zero-order chi connectivity index (χ0) is 22.2. The Bertz CT molecular complexity index is 996. The Labute approximate surface area is 183 Å². The second-order valence-corrected chi connectivity index (χ2v) is 7.61. The first-order chi connectivity index (χ1) is 14.9. The van der Waals surface area contributed by atoms with Gasteiger partial charge in [0, 0.05) is 5.69 Å². The van der Waals surface area contributed by atoms with Crippen molar-refractivity contribution in [1.29, 1.82) is 0 Å². The Morgan fingerprint density at radius 3 is 2.10 bits per heavy atom. The second-order valence-electron chi connectivity index (χ2n) is 7.61. The molecule has 0 radical (unpaired) electrons. The van der Waals surface area contributed by atoms with E-state index in [9.17, 15) is 9.59 Å². The molecule has 31 heavy (non-hydrogen) atoms. The van der Waals surface area contributed by atoms with Crippen molar-refractivity contribution in [3.8, 4) is 5.75 Å². The summed E-state index contributed by atoms with van der Waals surface area (Å²) in [5, 5.41) is 2.75. The summed E-state index contributed by atoms with van der Waals surface area (Å²) < 4.78 is 11.0. The number of ether oxygens (including phenoxy) is 2.